The fraction of sp³-hybridized carbons (Fsp3) is 0.440. The van der Waals surface area contributed by atoms with Crippen molar-refractivity contribution in [2.24, 2.45) is 0 Å². The van der Waals surface area contributed by atoms with Gasteiger partial charge in [0.1, 0.15) is 31.2 Å². The molecule has 0 aliphatic heterocycles. The van der Waals surface area contributed by atoms with E-state index < -0.39 is 12.2 Å². The van der Waals surface area contributed by atoms with Gasteiger partial charge in [0, 0.05) is 29.7 Å². The number of H-pyrrole nitrogens is 1. The van der Waals surface area contributed by atoms with Crippen molar-refractivity contribution >= 4 is 10.9 Å². The predicted octanol–water partition coefficient (Wildman–Crippen LogP) is 2.23. The van der Waals surface area contributed by atoms with Crippen LogP contribution in [0.3, 0.4) is 0 Å². The van der Waals surface area contributed by atoms with Gasteiger partial charge in [0.25, 0.3) is 0 Å². The van der Waals surface area contributed by atoms with E-state index in [1.165, 1.54) is 0 Å². The van der Waals surface area contributed by atoms with Gasteiger partial charge in [-0.1, -0.05) is 18.2 Å². The van der Waals surface area contributed by atoms with Gasteiger partial charge in [-0.3, -0.25) is 0 Å². The van der Waals surface area contributed by atoms with Crippen molar-refractivity contribution in [3.8, 4) is 17.2 Å². The van der Waals surface area contributed by atoms with Crippen molar-refractivity contribution < 1.29 is 24.4 Å². The minimum absolute atomic E-state index is 0.188. The van der Waals surface area contributed by atoms with Crippen LogP contribution in [0.5, 0.6) is 17.2 Å². The van der Waals surface area contributed by atoms with Gasteiger partial charge in [0.15, 0.2) is 11.5 Å². The number of aromatic nitrogens is 1. The number of nitrogens with one attached hydrogen (secondary N) is 3. The number of fused-ring (bicyclic) bond motifs is 1. The van der Waals surface area contributed by atoms with E-state index in [9.17, 15) is 10.2 Å². The van der Waals surface area contributed by atoms with E-state index in [1.54, 1.807) is 7.11 Å². The molecule has 2 atom stereocenters. The largest absolute Gasteiger partial charge is 0.493 e. The highest BCUT2D eigenvalue weighted by Crippen LogP contribution is 2.26. The third-order valence-electron chi connectivity index (χ3n) is 5.16. The number of hydrogen-bond donors (Lipinski definition) is 5. The Hall–Kier alpha value is -2.78. The van der Waals surface area contributed by atoms with E-state index in [2.05, 4.69) is 15.6 Å². The van der Waals surface area contributed by atoms with Gasteiger partial charge in [-0.15, -0.1) is 0 Å². The lowest BCUT2D eigenvalue weighted by Crippen LogP contribution is -2.35. The van der Waals surface area contributed by atoms with E-state index >= 15 is 0 Å². The third-order valence-corrected chi connectivity index (χ3v) is 5.16. The van der Waals surface area contributed by atoms with Crippen LogP contribution in [-0.4, -0.2) is 73.9 Å². The lowest BCUT2D eigenvalue weighted by atomic mass is 10.2. The summed E-state index contributed by atoms with van der Waals surface area (Å²) < 4.78 is 16.7. The number of aromatic amines is 1. The first-order valence-corrected chi connectivity index (χ1v) is 11.3. The number of aliphatic hydroxyl groups excluding tert-OH is 2. The quantitative estimate of drug-likeness (QED) is 0.223. The highest BCUT2D eigenvalue weighted by atomic mass is 16.5. The summed E-state index contributed by atoms with van der Waals surface area (Å²) in [5.41, 5.74) is 2.11. The van der Waals surface area contributed by atoms with E-state index in [-0.39, 0.29) is 13.2 Å². The fourth-order valence-corrected chi connectivity index (χ4v) is 3.50. The summed E-state index contributed by atoms with van der Waals surface area (Å²) in [6.45, 7) is 4.83. The number of hydrogen-bond acceptors (Lipinski definition) is 7. The molecule has 8 heteroatoms. The molecule has 0 amide bonds. The molecule has 0 spiro atoms. The maximum atomic E-state index is 10.2. The molecule has 0 radical (unpaired) electrons. The summed E-state index contributed by atoms with van der Waals surface area (Å²) in [5, 5.41) is 27.7. The Morgan fingerprint density at radius 2 is 1.45 bits per heavy atom. The topological polar surface area (TPSA) is 108 Å². The molecular weight excluding hydrogens is 422 g/mol. The Bertz CT molecular complexity index is 978. The zero-order valence-corrected chi connectivity index (χ0v) is 19.3. The first-order valence-electron chi connectivity index (χ1n) is 11.3. The second kappa shape index (κ2) is 13.1. The maximum absolute atomic E-state index is 10.2. The van der Waals surface area contributed by atoms with E-state index in [0.29, 0.717) is 24.6 Å². The first-order chi connectivity index (χ1) is 16.1. The number of rotatable bonds is 15. The Kier molecular flexibility index (Phi) is 9.83. The first kappa shape index (κ1) is 24.9. The Labute approximate surface area is 194 Å². The average Bonchev–Trinajstić information content (AvgIpc) is 3.21. The number of ether oxygens (including phenoxy) is 3. The SMILES string of the molecule is COc1ccccc1OCC(O)CNCCCNCC(O)COc1cccc2[nH]c(C)cc12. The summed E-state index contributed by atoms with van der Waals surface area (Å²) >= 11 is 0. The second-order valence-electron chi connectivity index (χ2n) is 8.01. The van der Waals surface area contributed by atoms with Crippen molar-refractivity contribution in [1.29, 1.82) is 0 Å². The van der Waals surface area contributed by atoms with Crippen molar-refractivity contribution in [2.75, 3.05) is 46.5 Å². The van der Waals surface area contributed by atoms with E-state index in [1.807, 2.05) is 55.5 Å². The Morgan fingerprint density at radius 3 is 2.12 bits per heavy atom. The Balaban J connectivity index is 1.22. The minimum Gasteiger partial charge on any atom is -0.493 e. The van der Waals surface area contributed by atoms with Crippen molar-refractivity contribution in [1.82, 2.24) is 15.6 Å². The number of aliphatic hydroxyl groups is 2. The van der Waals surface area contributed by atoms with Gasteiger partial charge < -0.3 is 40.0 Å². The molecule has 33 heavy (non-hydrogen) atoms. The molecule has 0 aliphatic carbocycles. The van der Waals surface area contributed by atoms with Gasteiger partial charge >= 0.3 is 0 Å². The maximum Gasteiger partial charge on any atom is 0.161 e. The molecule has 5 N–H and O–H groups in total. The summed E-state index contributed by atoms with van der Waals surface area (Å²) in [6.07, 6.45) is -0.340. The molecule has 0 fully saturated rings. The molecular formula is C25H35N3O5. The standard InChI is InChI=1S/C25H35N3O5/c1-18-13-21-22(28-18)7-5-10-23(21)32-16-19(29)14-26-11-6-12-27-15-20(30)17-33-25-9-4-3-8-24(25)31-2/h3-5,7-10,13,19-20,26-30H,6,11-12,14-17H2,1-2H3. The molecule has 3 aromatic rings. The van der Waals surface area contributed by atoms with Crippen LogP contribution in [0.2, 0.25) is 0 Å². The van der Waals surface area contributed by atoms with Gasteiger partial charge in [-0.2, -0.15) is 0 Å². The van der Waals surface area contributed by atoms with Crippen LogP contribution in [0.15, 0.2) is 48.5 Å². The van der Waals surface area contributed by atoms with Crippen LogP contribution < -0.4 is 24.8 Å². The zero-order valence-electron chi connectivity index (χ0n) is 19.3. The van der Waals surface area contributed by atoms with Gasteiger partial charge in [-0.25, -0.2) is 0 Å². The molecule has 1 aromatic heterocycles. The lowest BCUT2D eigenvalue weighted by molar-refractivity contribution is 0.104. The van der Waals surface area contributed by atoms with Crippen LogP contribution in [0, 0.1) is 6.92 Å². The lowest BCUT2D eigenvalue weighted by Gasteiger charge is -2.15. The molecule has 0 saturated carbocycles. The number of para-hydroxylation sites is 2. The Morgan fingerprint density at radius 1 is 0.848 bits per heavy atom. The molecule has 0 aliphatic rings. The smallest absolute Gasteiger partial charge is 0.161 e. The molecule has 0 saturated heterocycles. The zero-order chi connectivity index (χ0) is 23.5. The second-order valence-corrected chi connectivity index (χ2v) is 8.01. The third kappa shape index (κ3) is 7.94. The fourth-order valence-electron chi connectivity index (χ4n) is 3.50. The van der Waals surface area contributed by atoms with Crippen molar-refractivity contribution in [3.63, 3.8) is 0 Å². The summed E-state index contributed by atoms with van der Waals surface area (Å²) in [4.78, 5) is 3.28. The van der Waals surface area contributed by atoms with Crippen LogP contribution >= 0.6 is 0 Å². The average molecular weight is 458 g/mol. The monoisotopic (exact) mass is 457 g/mol. The number of methoxy groups -OCH3 is 1. The predicted molar refractivity (Wildman–Crippen MR) is 129 cm³/mol. The van der Waals surface area contributed by atoms with E-state index in [0.717, 1.165) is 41.9 Å². The highest BCUT2D eigenvalue weighted by molar-refractivity contribution is 5.86. The molecule has 3 rings (SSSR count). The van der Waals surface area contributed by atoms with E-state index in [4.69, 9.17) is 14.2 Å². The van der Waals surface area contributed by atoms with Crippen LogP contribution in [0.25, 0.3) is 10.9 Å². The molecule has 2 aromatic carbocycles. The molecule has 180 valence electrons. The number of benzene rings is 2. The summed E-state index contributed by atoms with van der Waals surface area (Å²) in [6, 6.07) is 15.3. The van der Waals surface area contributed by atoms with Crippen molar-refractivity contribution in [3.05, 3.63) is 54.2 Å². The van der Waals surface area contributed by atoms with Crippen LogP contribution in [0.4, 0.5) is 0 Å². The van der Waals surface area contributed by atoms with Crippen LogP contribution in [0.1, 0.15) is 12.1 Å². The summed E-state index contributed by atoms with van der Waals surface area (Å²) in [7, 11) is 1.59. The molecule has 0 bridgehead atoms. The minimum atomic E-state index is -0.616. The van der Waals surface area contributed by atoms with Gasteiger partial charge in [-0.05, 0) is 56.8 Å². The molecule has 8 nitrogen and oxygen atoms in total. The number of aryl methyl sites for hydroxylation is 1. The highest BCUT2D eigenvalue weighted by Gasteiger charge is 2.10. The van der Waals surface area contributed by atoms with Crippen molar-refractivity contribution in [2.45, 2.75) is 25.6 Å². The van der Waals surface area contributed by atoms with Gasteiger partial charge in [0.05, 0.1) is 7.11 Å². The van der Waals surface area contributed by atoms with Crippen LogP contribution in [-0.2, 0) is 0 Å². The van der Waals surface area contributed by atoms with Gasteiger partial charge in [0.2, 0.25) is 0 Å². The normalized spacial score (nSPS) is 13.1. The molecule has 1 heterocycles. The molecule has 2 unspecified atom stereocenters. The summed E-state index contributed by atoms with van der Waals surface area (Å²) in [5.74, 6) is 2.03.